The van der Waals surface area contributed by atoms with E-state index in [1.165, 1.54) is 5.56 Å². The van der Waals surface area contributed by atoms with Crippen LogP contribution < -0.4 is 5.32 Å². The minimum Gasteiger partial charge on any atom is -0.386 e. The van der Waals surface area contributed by atoms with Crippen LogP contribution in [0.15, 0.2) is 46.3 Å². The Morgan fingerprint density at radius 1 is 1.24 bits per heavy atom. The molecular formula is C13H14BrNOS. The van der Waals surface area contributed by atoms with Gasteiger partial charge in [0.1, 0.15) is 6.10 Å². The summed E-state index contributed by atoms with van der Waals surface area (Å²) in [5.74, 6) is 0. The maximum Gasteiger partial charge on any atom is 0.101 e. The highest BCUT2D eigenvalue weighted by Gasteiger charge is 2.07. The molecular weight excluding hydrogens is 298 g/mol. The first-order chi connectivity index (χ1) is 8.25. The summed E-state index contributed by atoms with van der Waals surface area (Å²) in [4.78, 5) is 1.01. The number of aliphatic hydroxyl groups is 1. The van der Waals surface area contributed by atoms with Crippen LogP contribution in [0, 0.1) is 0 Å². The van der Waals surface area contributed by atoms with Gasteiger partial charge in [-0.05, 0) is 29.1 Å². The number of nitrogens with one attached hydrogen (secondary N) is 1. The fourth-order valence-corrected chi connectivity index (χ4v) is 2.51. The minimum atomic E-state index is -0.412. The number of benzene rings is 1. The van der Waals surface area contributed by atoms with Crippen LogP contribution in [0.3, 0.4) is 0 Å². The van der Waals surface area contributed by atoms with E-state index < -0.39 is 6.10 Å². The van der Waals surface area contributed by atoms with Gasteiger partial charge in [0.25, 0.3) is 0 Å². The molecule has 4 heteroatoms. The van der Waals surface area contributed by atoms with Crippen LogP contribution in [-0.4, -0.2) is 11.7 Å². The molecule has 1 heterocycles. The van der Waals surface area contributed by atoms with Crippen LogP contribution in [0.25, 0.3) is 0 Å². The van der Waals surface area contributed by atoms with Crippen molar-refractivity contribution in [1.82, 2.24) is 5.32 Å². The van der Waals surface area contributed by atoms with Gasteiger partial charge in [-0.1, -0.05) is 34.1 Å². The van der Waals surface area contributed by atoms with Crippen molar-refractivity contribution in [2.45, 2.75) is 12.6 Å². The monoisotopic (exact) mass is 311 g/mol. The van der Waals surface area contributed by atoms with E-state index in [0.29, 0.717) is 6.54 Å². The lowest BCUT2D eigenvalue weighted by molar-refractivity contribution is 0.178. The highest BCUT2D eigenvalue weighted by atomic mass is 79.9. The summed E-state index contributed by atoms with van der Waals surface area (Å²) in [5.41, 5.74) is 1.21. The van der Waals surface area contributed by atoms with E-state index in [2.05, 4.69) is 33.4 Å². The van der Waals surface area contributed by atoms with Crippen LogP contribution in [-0.2, 0) is 6.54 Å². The lowest BCUT2D eigenvalue weighted by Crippen LogP contribution is -2.20. The molecule has 0 amide bonds. The second-order valence-corrected chi connectivity index (χ2v) is 5.68. The highest BCUT2D eigenvalue weighted by Crippen LogP contribution is 2.17. The molecule has 0 fully saturated rings. The molecule has 2 rings (SSSR count). The van der Waals surface area contributed by atoms with Gasteiger partial charge in [0.15, 0.2) is 0 Å². The predicted octanol–water partition coefficient (Wildman–Crippen LogP) is 3.33. The van der Waals surface area contributed by atoms with E-state index in [9.17, 15) is 5.11 Å². The van der Waals surface area contributed by atoms with Crippen molar-refractivity contribution in [3.8, 4) is 0 Å². The van der Waals surface area contributed by atoms with Crippen LogP contribution in [0.4, 0.5) is 0 Å². The molecule has 0 radical (unpaired) electrons. The number of thiophene rings is 1. The van der Waals surface area contributed by atoms with Gasteiger partial charge >= 0.3 is 0 Å². The summed E-state index contributed by atoms with van der Waals surface area (Å²) in [6.07, 6.45) is -0.412. The molecule has 0 saturated heterocycles. The van der Waals surface area contributed by atoms with Crippen molar-refractivity contribution < 1.29 is 5.11 Å². The third-order valence-corrected chi connectivity index (χ3v) is 3.95. The zero-order chi connectivity index (χ0) is 12.1. The van der Waals surface area contributed by atoms with Crippen LogP contribution in [0.5, 0.6) is 0 Å². The number of rotatable bonds is 5. The normalized spacial score (nSPS) is 12.6. The maximum atomic E-state index is 9.87. The van der Waals surface area contributed by atoms with Gasteiger partial charge in [-0.15, -0.1) is 11.3 Å². The van der Waals surface area contributed by atoms with Crippen molar-refractivity contribution in [2.24, 2.45) is 0 Å². The Kier molecular flexibility index (Phi) is 4.74. The molecule has 2 nitrogen and oxygen atoms in total. The molecule has 1 atom stereocenters. The Labute approximate surface area is 113 Å². The van der Waals surface area contributed by atoms with Crippen LogP contribution in [0.1, 0.15) is 16.5 Å². The van der Waals surface area contributed by atoms with Crippen LogP contribution >= 0.6 is 27.3 Å². The van der Waals surface area contributed by atoms with Gasteiger partial charge in [0.05, 0.1) is 0 Å². The second-order valence-electron chi connectivity index (χ2n) is 3.79. The standard InChI is InChI=1S/C13H14BrNOS/c14-11-5-3-10(4-6-11)8-15-9-12(16)13-2-1-7-17-13/h1-7,12,15-16H,8-9H2. The van der Waals surface area contributed by atoms with Gasteiger partial charge in [-0.25, -0.2) is 0 Å². The number of hydrogen-bond acceptors (Lipinski definition) is 3. The van der Waals surface area contributed by atoms with Crippen LogP contribution in [0.2, 0.25) is 0 Å². The lowest BCUT2D eigenvalue weighted by Gasteiger charge is -2.10. The summed E-state index contributed by atoms with van der Waals surface area (Å²) in [6, 6.07) is 12.1. The van der Waals surface area contributed by atoms with Gasteiger partial charge in [-0.2, -0.15) is 0 Å². The first kappa shape index (κ1) is 12.8. The lowest BCUT2D eigenvalue weighted by atomic mass is 10.2. The quantitative estimate of drug-likeness (QED) is 0.887. The molecule has 2 aromatic rings. The Hall–Kier alpha value is -0.680. The fourth-order valence-electron chi connectivity index (χ4n) is 1.54. The van der Waals surface area contributed by atoms with Crippen molar-refractivity contribution in [2.75, 3.05) is 6.54 Å². The first-order valence-electron chi connectivity index (χ1n) is 5.42. The van der Waals surface area contributed by atoms with Gasteiger partial charge in [0, 0.05) is 22.4 Å². The SMILES string of the molecule is OC(CNCc1ccc(Br)cc1)c1cccs1. The molecule has 1 aromatic carbocycles. The van der Waals surface area contributed by atoms with E-state index in [1.807, 2.05) is 29.6 Å². The number of aliphatic hydroxyl groups excluding tert-OH is 1. The average molecular weight is 312 g/mol. The first-order valence-corrected chi connectivity index (χ1v) is 7.09. The Balaban J connectivity index is 1.78. The molecule has 0 spiro atoms. The predicted molar refractivity (Wildman–Crippen MR) is 75.1 cm³/mol. The third kappa shape index (κ3) is 3.92. The molecule has 1 aromatic heterocycles. The smallest absolute Gasteiger partial charge is 0.101 e. The van der Waals surface area contributed by atoms with Crippen molar-refractivity contribution in [3.63, 3.8) is 0 Å². The largest absolute Gasteiger partial charge is 0.386 e. The number of halogens is 1. The zero-order valence-electron chi connectivity index (χ0n) is 9.27. The maximum absolute atomic E-state index is 9.87. The van der Waals surface area contributed by atoms with Gasteiger partial charge < -0.3 is 10.4 Å². The summed E-state index contributed by atoms with van der Waals surface area (Å²) >= 11 is 4.99. The van der Waals surface area contributed by atoms with E-state index in [4.69, 9.17) is 0 Å². The summed E-state index contributed by atoms with van der Waals surface area (Å²) in [6.45, 7) is 1.35. The molecule has 17 heavy (non-hydrogen) atoms. The Morgan fingerprint density at radius 2 is 2.00 bits per heavy atom. The topological polar surface area (TPSA) is 32.3 Å². The molecule has 90 valence electrons. The Bertz CT molecular complexity index is 441. The molecule has 0 aliphatic rings. The third-order valence-electron chi connectivity index (χ3n) is 2.45. The van der Waals surface area contributed by atoms with Crippen molar-refractivity contribution >= 4 is 27.3 Å². The van der Waals surface area contributed by atoms with Crippen molar-refractivity contribution in [3.05, 3.63) is 56.7 Å². The summed E-state index contributed by atoms with van der Waals surface area (Å²) < 4.78 is 1.08. The average Bonchev–Trinajstić information content (AvgIpc) is 2.85. The van der Waals surface area contributed by atoms with Gasteiger partial charge in [0.2, 0.25) is 0 Å². The second kappa shape index (κ2) is 6.31. The molecule has 0 aliphatic carbocycles. The summed E-state index contributed by atoms with van der Waals surface area (Å²) in [5, 5.41) is 15.1. The fraction of sp³-hybridized carbons (Fsp3) is 0.231. The summed E-state index contributed by atoms with van der Waals surface area (Å²) in [7, 11) is 0. The van der Waals surface area contributed by atoms with E-state index in [0.717, 1.165) is 15.9 Å². The van der Waals surface area contributed by atoms with Crippen molar-refractivity contribution in [1.29, 1.82) is 0 Å². The number of hydrogen-bond donors (Lipinski definition) is 2. The molecule has 0 bridgehead atoms. The molecule has 1 unspecified atom stereocenters. The van der Waals surface area contributed by atoms with E-state index in [1.54, 1.807) is 11.3 Å². The van der Waals surface area contributed by atoms with Gasteiger partial charge in [-0.3, -0.25) is 0 Å². The molecule has 2 N–H and O–H groups in total. The molecule has 0 saturated carbocycles. The van der Waals surface area contributed by atoms with E-state index >= 15 is 0 Å². The molecule has 0 aliphatic heterocycles. The zero-order valence-corrected chi connectivity index (χ0v) is 11.7. The van der Waals surface area contributed by atoms with E-state index in [-0.39, 0.29) is 0 Å². The minimum absolute atomic E-state index is 0.412. The highest BCUT2D eigenvalue weighted by molar-refractivity contribution is 9.10. The Morgan fingerprint density at radius 3 is 2.65 bits per heavy atom.